The number of aromatic nitrogens is 2. The molecule has 0 unspecified atom stereocenters. The minimum atomic E-state index is -0.0280. The normalized spacial score (nSPS) is 13.7. The zero-order chi connectivity index (χ0) is 18.4. The molecule has 3 heterocycles. The van der Waals surface area contributed by atoms with Gasteiger partial charge < -0.3 is 0 Å². The summed E-state index contributed by atoms with van der Waals surface area (Å²) in [6.07, 6.45) is 3.57. The Balaban J connectivity index is 1.82. The number of nitrogens with zero attached hydrogens (tertiary/aromatic N) is 2. The van der Waals surface area contributed by atoms with Gasteiger partial charge in [0.25, 0.3) is 0 Å². The van der Waals surface area contributed by atoms with E-state index in [9.17, 15) is 9.59 Å². The molecule has 0 fully saturated rings. The minimum absolute atomic E-state index is 0.0280. The fraction of sp³-hybridized carbons (Fsp3) is 0.0909. The zero-order valence-corrected chi connectivity index (χ0v) is 15.4. The standard InChI is InChI=1S/C22H12N2O2S/c1-9-5-13-17(23-7-9)21-15-11(19(13)25)3-4-12-16(15)22(27-21)18-14(20(12)26)6-10(2)8-24-18/h3-8H,1-2H3. The van der Waals surface area contributed by atoms with Crippen molar-refractivity contribution < 1.29 is 9.59 Å². The molecule has 2 aliphatic carbocycles. The molecule has 0 amide bonds. The molecule has 27 heavy (non-hydrogen) atoms. The van der Waals surface area contributed by atoms with E-state index in [0.29, 0.717) is 33.6 Å². The zero-order valence-electron chi connectivity index (χ0n) is 14.6. The molecule has 0 N–H and O–H groups in total. The molecule has 0 atom stereocenters. The number of hydrogen-bond donors (Lipinski definition) is 0. The number of rotatable bonds is 0. The van der Waals surface area contributed by atoms with Gasteiger partial charge in [-0.15, -0.1) is 11.3 Å². The molecule has 2 aliphatic rings. The van der Waals surface area contributed by atoms with E-state index in [2.05, 4.69) is 9.97 Å². The largest absolute Gasteiger partial charge is 0.289 e. The molecule has 0 spiro atoms. The van der Waals surface area contributed by atoms with Crippen LogP contribution in [0.2, 0.25) is 0 Å². The van der Waals surface area contributed by atoms with Crippen LogP contribution in [0.5, 0.6) is 0 Å². The molecule has 0 saturated carbocycles. The molecular weight excluding hydrogens is 356 g/mol. The van der Waals surface area contributed by atoms with Crippen LogP contribution in [0.3, 0.4) is 0 Å². The molecular formula is C22H12N2O2S. The minimum Gasteiger partial charge on any atom is -0.289 e. The number of pyridine rings is 2. The molecule has 3 aromatic heterocycles. The molecule has 0 aliphatic heterocycles. The van der Waals surface area contributed by atoms with Crippen LogP contribution in [0.1, 0.15) is 43.0 Å². The van der Waals surface area contributed by atoms with Crippen LogP contribution in [0.25, 0.3) is 31.9 Å². The van der Waals surface area contributed by atoms with Gasteiger partial charge in [-0.05, 0) is 49.2 Å². The van der Waals surface area contributed by atoms with Crippen LogP contribution < -0.4 is 0 Å². The summed E-state index contributed by atoms with van der Waals surface area (Å²) in [5, 5.41) is 1.70. The maximum absolute atomic E-state index is 13.1. The first-order valence-corrected chi connectivity index (χ1v) is 9.49. The van der Waals surface area contributed by atoms with Crippen LogP contribution in [0, 0.1) is 13.8 Å². The fourth-order valence-electron chi connectivity index (χ4n) is 4.13. The molecule has 0 bridgehead atoms. The lowest BCUT2D eigenvalue weighted by Gasteiger charge is -2.18. The van der Waals surface area contributed by atoms with Crippen LogP contribution in [-0.2, 0) is 0 Å². The van der Waals surface area contributed by atoms with Gasteiger partial charge in [-0.25, -0.2) is 0 Å². The van der Waals surface area contributed by atoms with Crippen molar-refractivity contribution >= 4 is 33.7 Å². The summed E-state index contributed by atoms with van der Waals surface area (Å²) in [5.41, 5.74) is 5.89. The first-order valence-electron chi connectivity index (χ1n) is 8.67. The molecule has 5 heteroatoms. The van der Waals surface area contributed by atoms with Gasteiger partial charge in [0, 0.05) is 45.4 Å². The first kappa shape index (κ1) is 14.9. The third-order valence-electron chi connectivity index (χ3n) is 5.32. The average Bonchev–Trinajstić information content (AvgIpc) is 3.06. The van der Waals surface area contributed by atoms with Gasteiger partial charge in [0.05, 0.1) is 21.1 Å². The SMILES string of the molecule is Cc1cnc2c(c1)C(=O)c1ccc3c4c(sc-2c14)-c1ncc(C)cc1C3=O. The Kier molecular flexibility index (Phi) is 2.63. The van der Waals surface area contributed by atoms with Crippen molar-refractivity contribution in [2.24, 2.45) is 0 Å². The molecule has 0 radical (unpaired) electrons. The summed E-state index contributed by atoms with van der Waals surface area (Å²) >= 11 is 1.58. The Bertz CT molecular complexity index is 1280. The van der Waals surface area contributed by atoms with E-state index in [1.807, 2.05) is 26.0 Å². The lowest BCUT2D eigenvalue weighted by atomic mass is 9.84. The van der Waals surface area contributed by atoms with Gasteiger partial charge >= 0.3 is 0 Å². The average molecular weight is 368 g/mol. The highest BCUT2D eigenvalue weighted by Gasteiger charge is 2.36. The Morgan fingerprint density at radius 1 is 0.704 bits per heavy atom. The second-order valence-electron chi connectivity index (χ2n) is 7.15. The Labute approximate surface area is 158 Å². The molecule has 6 rings (SSSR count). The van der Waals surface area contributed by atoms with Crippen LogP contribution in [-0.4, -0.2) is 21.5 Å². The maximum atomic E-state index is 13.1. The highest BCUT2D eigenvalue weighted by molar-refractivity contribution is 7.21. The Hall–Kier alpha value is -3.18. The molecule has 0 saturated heterocycles. The number of benzene rings is 1. The van der Waals surface area contributed by atoms with E-state index in [-0.39, 0.29) is 11.6 Å². The number of thiophene rings is 1. The topological polar surface area (TPSA) is 59.9 Å². The van der Waals surface area contributed by atoms with E-state index >= 15 is 0 Å². The number of hydrogen-bond acceptors (Lipinski definition) is 5. The van der Waals surface area contributed by atoms with Crippen LogP contribution in [0.4, 0.5) is 0 Å². The number of ketones is 2. The summed E-state index contributed by atoms with van der Waals surface area (Å²) in [5.74, 6) is -0.0561. The van der Waals surface area contributed by atoms with Crippen LogP contribution in [0.15, 0.2) is 36.7 Å². The highest BCUT2D eigenvalue weighted by atomic mass is 32.1. The van der Waals surface area contributed by atoms with Crippen molar-refractivity contribution in [2.45, 2.75) is 13.8 Å². The summed E-state index contributed by atoms with van der Waals surface area (Å²) in [7, 11) is 0. The maximum Gasteiger partial charge on any atom is 0.195 e. The Morgan fingerprint density at radius 3 is 1.59 bits per heavy atom. The van der Waals surface area contributed by atoms with Gasteiger partial charge in [0.15, 0.2) is 11.6 Å². The van der Waals surface area contributed by atoms with Crippen molar-refractivity contribution in [3.05, 3.63) is 70.0 Å². The fourth-order valence-corrected chi connectivity index (χ4v) is 5.48. The van der Waals surface area contributed by atoms with Crippen LogP contribution >= 0.6 is 11.3 Å². The monoisotopic (exact) mass is 368 g/mol. The predicted molar refractivity (Wildman–Crippen MR) is 105 cm³/mol. The third kappa shape index (κ3) is 1.72. The van der Waals surface area contributed by atoms with E-state index in [1.165, 1.54) is 0 Å². The number of aryl methyl sites for hydroxylation is 2. The summed E-state index contributed by atoms with van der Waals surface area (Å²) in [4.78, 5) is 37.3. The summed E-state index contributed by atoms with van der Waals surface area (Å²) in [6.45, 7) is 3.87. The van der Waals surface area contributed by atoms with Gasteiger partial charge in [-0.3, -0.25) is 19.6 Å². The van der Waals surface area contributed by atoms with Crippen molar-refractivity contribution in [1.29, 1.82) is 0 Å². The number of fused-ring (bicyclic) bond motifs is 4. The Morgan fingerprint density at radius 2 is 1.15 bits per heavy atom. The van der Waals surface area contributed by atoms with Crippen molar-refractivity contribution in [2.75, 3.05) is 0 Å². The van der Waals surface area contributed by atoms with E-state index in [0.717, 1.165) is 31.7 Å². The second-order valence-corrected chi connectivity index (χ2v) is 8.17. The van der Waals surface area contributed by atoms with Crippen molar-refractivity contribution in [3.63, 3.8) is 0 Å². The van der Waals surface area contributed by atoms with E-state index in [1.54, 1.807) is 35.9 Å². The summed E-state index contributed by atoms with van der Waals surface area (Å²) < 4.78 is 0. The van der Waals surface area contributed by atoms with Gasteiger partial charge in [-0.1, -0.05) is 0 Å². The molecule has 1 aromatic carbocycles. The van der Waals surface area contributed by atoms with E-state index < -0.39 is 0 Å². The second kappa shape index (κ2) is 4.75. The predicted octanol–water partition coefficient (Wildman–Crippen LogP) is 4.73. The van der Waals surface area contributed by atoms with Gasteiger partial charge in [0.1, 0.15) is 0 Å². The van der Waals surface area contributed by atoms with Gasteiger partial charge in [-0.2, -0.15) is 0 Å². The number of carbonyl (C=O) groups excluding carboxylic acids is 2. The lowest BCUT2D eigenvalue weighted by Crippen LogP contribution is -2.13. The highest BCUT2D eigenvalue weighted by Crippen LogP contribution is 2.52. The van der Waals surface area contributed by atoms with E-state index in [4.69, 9.17) is 0 Å². The van der Waals surface area contributed by atoms with Crippen molar-refractivity contribution in [1.82, 2.24) is 9.97 Å². The summed E-state index contributed by atoms with van der Waals surface area (Å²) in [6, 6.07) is 7.37. The first-order chi connectivity index (χ1) is 13.0. The molecule has 4 aromatic rings. The van der Waals surface area contributed by atoms with Crippen molar-refractivity contribution in [3.8, 4) is 21.1 Å². The van der Waals surface area contributed by atoms with Gasteiger partial charge in [0.2, 0.25) is 0 Å². The quantitative estimate of drug-likeness (QED) is 0.389. The molecule has 4 nitrogen and oxygen atoms in total. The number of carbonyl (C=O) groups is 2. The smallest absolute Gasteiger partial charge is 0.195 e. The molecule has 128 valence electrons. The lowest BCUT2D eigenvalue weighted by molar-refractivity contribution is 0.102. The third-order valence-corrected chi connectivity index (χ3v) is 6.52.